The summed E-state index contributed by atoms with van der Waals surface area (Å²) >= 11 is 0. The second-order valence-corrected chi connectivity index (χ2v) is 6.83. The van der Waals surface area contributed by atoms with Crippen LogP contribution >= 0.6 is 0 Å². The Bertz CT molecular complexity index is 860. The Balaban J connectivity index is 1.57. The van der Waals surface area contributed by atoms with Gasteiger partial charge in [0.1, 0.15) is 24.0 Å². The van der Waals surface area contributed by atoms with Crippen molar-refractivity contribution in [3.8, 4) is 11.5 Å². The number of aromatic nitrogens is 2. The van der Waals surface area contributed by atoms with Crippen molar-refractivity contribution < 1.29 is 14.6 Å². The molecule has 8 nitrogen and oxygen atoms in total. The molecular weight excluding hydrogens is 334 g/mol. The standard InChI is InChI=1S/C18H25N5O3/c1-25-16-14(26-11-12(24)10-22-7-2-3-8-22)5-4-13-15(16)21-18(19)23-9-6-20-17(13)23/h4-5,12,19-20,24H,2-3,6-11H2,1H3/t12-/m0/s1. The van der Waals surface area contributed by atoms with Gasteiger partial charge in [0.25, 0.3) is 0 Å². The Morgan fingerprint density at radius 1 is 1.31 bits per heavy atom. The number of hydrogen-bond donors (Lipinski definition) is 3. The topological polar surface area (TPSA) is 95.6 Å². The highest BCUT2D eigenvalue weighted by atomic mass is 16.5. The quantitative estimate of drug-likeness (QED) is 0.706. The highest BCUT2D eigenvalue weighted by molar-refractivity contribution is 5.95. The molecule has 0 unspecified atom stereocenters. The molecule has 2 aliphatic rings. The van der Waals surface area contributed by atoms with Gasteiger partial charge < -0.3 is 24.8 Å². The maximum atomic E-state index is 10.3. The summed E-state index contributed by atoms with van der Waals surface area (Å²) in [6.45, 7) is 4.43. The summed E-state index contributed by atoms with van der Waals surface area (Å²) in [4.78, 5) is 6.66. The van der Waals surface area contributed by atoms with Crippen molar-refractivity contribution in [3.05, 3.63) is 17.8 Å². The summed E-state index contributed by atoms with van der Waals surface area (Å²) in [6, 6.07) is 3.77. The molecule has 140 valence electrons. The van der Waals surface area contributed by atoms with E-state index in [4.69, 9.17) is 14.9 Å². The van der Waals surface area contributed by atoms with Crippen LogP contribution in [0.2, 0.25) is 0 Å². The maximum absolute atomic E-state index is 10.3. The number of aliphatic hydroxyl groups excluding tert-OH is 1. The summed E-state index contributed by atoms with van der Waals surface area (Å²) in [7, 11) is 1.57. The third-order valence-electron chi connectivity index (χ3n) is 5.02. The van der Waals surface area contributed by atoms with E-state index in [-0.39, 0.29) is 12.2 Å². The molecule has 0 bridgehead atoms. The smallest absolute Gasteiger partial charge is 0.224 e. The van der Waals surface area contributed by atoms with Gasteiger partial charge in [-0.25, -0.2) is 4.98 Å². The van der Waals surface area contributed by atoms with E-state index in [1.807, 2.05) is 16.7 Å². The second kappa shape index (κ2) is 7.13. The van der Waals surface area contributed by atoms with Crippen molar-refractivity contribution in [2.75, 3.05) is 45.2 Å². The van der Waals surface area contributed by atoms with E-state index in [2.05, 4.69) is 15.2 Å². The minimum atomic E-state index is -0.551. The third kappa shape index (κ3) is 3.10. The molecule has 3 heterocycles. The fraction of sp³-hybridized carbons (Fsp3) is 0.556. The van der Waals surface area contributed by atoms with Crippen LogP contribution in [0.3, 0.4) is 0 Å². The van der Waals surface area contributed by atoms with E-state index >= 15 is 0 Å². The van der Waals surface area contributed by atoms with Gasteiger partial charge in [-0.3, -0.25) is 9.98 Å². The number of anilines is 1. The fourth-order valence-electron chi connectivity index (χ4n) is 3.78. The number of likely N-dealkylation sites (tertiary alicyclic amines) is 1. The number of ether oxygens (including phenoxy) is 2. The zero-order chi connectivity index (χ0) is 18.1. The molecule has 1 fully saturated rings. The zero-order valence-corrected chi connectivity index (χ0v) is 15.0. The number of benzene rings is 1. The largest absolute Gasteiger partial charge is 0.491 e. The molecule has 4 rings (SSSR count). The van der Waals surface area contributed by atoms with E-state index in [0.29, 0.717) is 23.6 Å². The van der Waals surface area contributed by atoms with Crippen LogP contribution in [0.1, 0.15) is 12.8 Å². The molecule has 2 aromatic rings. The SMILES string of the molecule is COc1c(OC[C@@H](O)CN2CCCC2)ccc2c3n(c(=N)nc12)CCN3. The Morgan fingerprint density at radius 3 is 2.88 bits per heavy atom. The van der Waals surface area contributed by atoms with E-state index < -0.39 is 6.10 Å². The van der Waals surface area contributed by atoms with Crippen molar-refractivity contribution in [3.63, 3.8) is 0 Å². The first-order chi connectivity index (χ1) is 12.7. The van der Waals surface area contributed by atoms with Crippen molar-refractivity contribution in [1.29, 1.82) is 5.41 Å². The molecule has 26 heavy (non-hydrogen) atoms. The van der Waals surface area contributed by atoms with E-state index in [0.717, 1.165) is 37.4 Å². The van der Waals surface area contributed by atoms with Gasteiger partial charge in [0.15, 0.2) is 11.5 Å². The van der Waals surface area contributed by atoms with Crippen LogP contribution in [-0.4, -0.2) is 65.6 Å². The van der Waals surface area contributed by atoms with E-state index in [1.54, 1.807) is 7.11 Å². The molecule has 2 aliphatic heterocycles. The van der Waals surface area contributed by atoms with Gasteiger partial charge in [-0.1, -0.05) is 0 Å². The van der Waals surface area contributed by atoms with Crippen LogP contribution in [0.15, 0.2) is 12.1 Å². The second-order valence-electron chi connectivity index (χ2n) is 6.83. The normalized spacial score (nSPS) is 17.9. The molecule has 0 spiro atoms. The van der Waals surface area contributed by atoms with Crippen LogP contribution < -0.4 is 20.4 Å². The Labute approximate surface area is 151 Å². The Hall–Kier alpha value is -2.32. The lowest BCUT2D eigenvalue weighted by atomic mass is 10.2. The monoisotopic (exact) mass is 359 g/mol. The molecule has 0 radical (unpaired) electrons. The number of fused-ring (bicyclic) bond motifs is 3. The summed E-state index contributed by atoms with van der Waals surface area (Å²) in [5, 5.41) is 22.6. The number of methoxy groups -OCH3 is 1. The average Bonchev–Trinajstić information content (AvgIpc) is 3.31. The molecule has 1 aromatic heterocycles. The van der Waals surface area contributed by atoms with Gasteiger partial charge in [0.2, 0.25) is 5.62 Å². The molecule has 0 amide bonds. The highest BCUT2D eigenvalue weighted by Gasteiger charge is 2.21. The van der Waals surface area contributed by atoms with Gasteiger partial charge in [-0.2, -0.15) is 0 Å². The number of aliphatic hydroxyl groups is 1. The fourth-order valence-corrected chi connectivity index (χ4v) is 3.78. The molecule has 1 saturated heterocycles. The first-order valence-corrected chi connectivity index (χ1v) is 9.10. The Kier molecular flexibility index (Phi) is 4.69. The minimum absolute atomic E-state index is 0.196. The zero-order valence-electron chi connectivity index (χ0n) is 15.0. The van der Waals surface area contributed by atoms with Crippen molar-refractivity contribution >= 4 is 16.7 Å². The number of nitrogens with one attached hydrogen (secondary N) is 2. The van der Waals surface area contributed by atoms with Crippen molar-refractivity contribution in [2.24, 2.45) is 0 Å². The molecule has 8 heteroatoms. The Morgan fingerprint density at radius 2 is 2.12 bits per heavy atom. The molecular formula is C18H25N5O3. The van der Waals surface area contributed by atoms with Gasteiger partial charge >= 0.3 is 0 Å². The molecule has 0 aliphatic carbocycles. The average molecular weight is 359 g/mol. The lowest BCUT2D eigenvalue weighted by molar-refractivity contribution is 0.0748. The number of β-amino-alcohol motifs (C(OH)–C–C–N with tert-alkyl or cyclic N) is 1. The molecule has 3 N–H and O–H groups in total. The molecule has 0 saturated carbocycles. The van der Waals surface area contributed by atoms with Crippen molar-refractivity contribution in [1.82, 2.24) is 14.5 Å². The lowest BCUT2D eigenvalue weighted by Crippen LogP contribution is -2.33. The summed E-state index contributed by atoms with van der Waals surface area (Å²) in [6.07, 6.45) is 1.85. The van der Waals surface area contributed by atoms with Gasteiger partial charge in [0, 0.05) is 25.0 Å². The van der Waals surface area contributed by atoms with Crippen LogP contribution in [0.25, 0.3) is 10.9 Å². The highest BCUT2D eigenvalue weighted by Crippen LogP contribution is 2.37. The maximum Gasteiger partial charge on any atom is 0.224 e. The van der Waals surface area contributed by atoms with Gasteiger partial charge in [-0.05, 0) is 38.1 Å². The summed E-state index contributed by atoms with van der Waals surface area (Å²) in [5.41, 5.74) is 0.798. The predicted molar refractivity (Wildman–Crippen MR) is 97.8 cm³/mol. The van der Waals surface area contributed by atoms with Gasteiger partial charge in [0.05, 0.1) is 7.11 Å². The molecule has 1 atom stereocenters. The number of nitrogens with zero attached hydrogens (tertiary/aromatic N) is 3. The van der Waals surface area contributed by atoms with E-state index in [9.17, 15) is 5.11 Å². The summed E-state index contributed by atoms with van der Waals surface area (Å²) < 4.78 is 13.2. The lowest BCUT2D eigenvalue weighted by Gasteiger charge is -2.20. The first kappa shape index (κ1) is 17.1. The number of hydrogen-bond acceptors (Lipinski definition) is 7. The van der Waals surface area contributed by atoms with Crippen LogP contribution in [0.5, 0.6) is 11.5 Å². The minimum Gasteiger partial charge on any atom is -0.491 e. The first-order valence-electron chi connectivity index (χ1n) is 9.10. The van der Waals surface area contributed by atoms with E-state index in [1.165, 1.54) is 12.8 Å². The third-order valence-corrected chi connectivity index (χ3v) is 5.02. The predicted octanol–water partition coefficient (Wildman–Crippen LogP) is 0.785. The van der Waals surface area contributed by atoms with Crippen LogP contribution in [-0.2, 0) is 6.54 Å². The molecule has 1 aromatic carbocycles. The summed E-state index contributed by atoms with van der Waals surface area (Å²) in [5.74, 6) is 1.93. The van der Waals surface area contributed by atoms with Crippen LogP contribution in [0, 0.1) is 5.41 Å². The van der Waals surface area contributed by atoms with Crippen LogP contribution in [0.4, 0.5) is 5.82 Å². The van der Waals surface area contributed by atoms with Crippen molar-refractivity contribution in [2.45, 2.75) is 25.5 Å². The van der Waals surface area contributed by atoms with Gasteiger partial charge in [-0.15, -0.1) is 0 Å². The number of rotatable bonds is 6.